The molecule has 1 aliphatic rings. The van der Waals surface area contributed by atoms with E-state index in [2.05, 4.69) is 19.2 Å². The molecule has 4 nitrogen and oxygen atoms in total. The molecule has 4 heteroatoms. The largest absolute Gasteiger partial charge is 0.396 e. The second-order valence-electron chi connectivity index (χ2n) is 5.84. The van der Waals surface area contributed by atoms with E-state index in [4.69, 9.17) is 5.11 Å². The van der Waals surface area contributed by atoms with Crippen LogP contribution in [0.25, 0.3) is 0 Å². The average molecular weight is 256 g/mol. The van der Waals surface area contributed by atoms with E-state index >= 15 is 0 Å². The fourth-order valence-corrected chi connectivity index (χ4v) is 2.66. The number of nitrogens with one attached hydrogen (secondary N) is 1. The topological polar surface area (TPSA) is 52.6 Å². The van der Waals surface area contributed by atoms with Gasteiger partial charge in [0.15, 0.2) is 0 Å². The Kier molecular flexibility index (Phi) is 6.47. The van der Waals surface area contributed by atoms with Gasteiger partial charge in [0.25, 0.3) is 0 Å². The Morgan fingerprint density at radius 2 is 2.17 bits per heavy atom. The molecule has 1 saturated heterocycles. The maximum atomic E-state index is 12.2. The lowest BCUT2D eigenvalue weighted by atomic mass is 10.0. The van der Waals surface area contributed by atoms with Crippen molar-refractivity contribution in [1.82, 2.24) is 10.2 Å². The van der Waals surface area contributed by atoms with E-state index in [1.54, 1.807) is 0 Å². The molecule has 1 rings (SSSR count). The Hall–Kier alpha value is -0.770. The Bertz CT molecular complexity index is 256. The Morgan fingerprint density at radius 1 is 1.44 bits per heavy atom. The minimum atomic E-state index is 0.0728. The number of nitrogens with zero attached hydrogens (tertiary/aromatic N) is 1. The fourth-order valence-electron chi connectivity index (χ4n) is 2.66. The maximum absolute atomic E-state index is 12.2. The molecule has 2 atom stereocenters. The average Bonchev–Trinajstić information content (AvgIpc) is 2.73. The number of aliphatic hydroxyl groups excluding tert-OH is 1. The summed E-state index contributed by atoms with van der Waals surface area (Å²) in [7, 11) is 0. The van der Waals surface area contributed by atoms with E-state index in [1.807, 2.05) is 11.8 Å². The second-order valence-corrected chi connectivity index (χ2v) is 5.84. The molecule has 0 aliphatic carbocycles. The van der Waals surface area contributed by atoms with E-state index in [1.165, 1.54) is 0 Å². The lowest BCUT2D eigenvalue weighted by Crippen LogP contribution is -2.46. The van der Waals surface area contributed by atoms with E-state index in [-0.39, 0.29) is 18.7 Å². The highest BCUT2D eigenvalue weighted by atomic mass is 16.3. The molecule has 1 fully saturated rings. The van der Waals surface area contributed by atoms with Crippen LogP contribution in [0.3, 0.4) is 0 Å². The Balaban J connectivity index is 2.39. The van der Waals surface area contributed by atoms with Gasteiger partial charge in [-0.3, -0.25) is 0 Å². The van der Waals surface area contributed by atoms with Crippen LogP contribution in [0, 0.1) is 5.92 Å². The van der Waals surface area contributed by atoms with Crippen molar-refractivity contribution in [3.63, 3.8) is 0 Å². The zero-order valence-corrected chi connectivity index (χ0v) is 12.0. The van der Waals surface area contributed by atoms with Crippen LogP contribution in [-0.4, -0.2) is 41.3 Å². The number of rotatable bonds is 6. The molecule has 0 radical (unpaired) electrons. The summed E-state index contributed by atoms with van der Waals surface area (Å²) in [6.07, 6.45) is 4.94. The molecule has 0 saturated carbocycles. The monoisotopic (exact) mass is 256 g/mol. The second kappa shape index (κ2) is 7.62. The third-order valence-electron chi connectivity index (χ3n) is 3.55. The SMILES string of the molecule is CC(C)CC1CCCN1C(=O)NC(C)CCCO. The normalized spacial score (nSPS) is 21.4. The number of carbonyl (C=O) groups is 1. The van der Waals surface area contributed by atoms with Gasteiger partial charge in [-0.15, -0.1) is 0 Å². The van der Waals surface area contributed by atoms with Gasteiger partial charge in [0.1, 0.15) is 0 Å². The van der Waals surface area contributed by atoms with Crippen molar-refractivity contribution in [3.05, 3.63) is 0 Å². The molecular formula is C14H28N2O2. The molecule has 0 aromatic carbocycles. The van der Waals surface area contributed by atoms with Gasteiger partial charge in [0.2, 0.25) is 0 Å². The van der Waals surface area contributed by atoms with Gasteiger partial charge in [-0.25, -0.2) is 4.79 Å². The van der Waals surface area contributed by atoms with Gasteiger partial charge in [-0.2, -0.15) is 0 Å². The maximum Gasteiger partial charge on any atom is 0.317 e. The van der Waals surface area contributed by atoms with Gasteiger partial charge < -0.3 is 15.3 Å². The third kappa shape index (κ3) is 4.84. The number of hydrogen-bond acceptors (Lipinski definition) is 2. The number of aliphatic hydroxyl groups is 1. The summed E-state index contributed by atoms with van der Waals surface area (Å²) < 4.78 is 0. The van der Waals surface area contributed by atoms with Crippen LogP contribution in [0.5, 0.6) is 0 Å². The molecule has 2 amide bonds. The number of urea groups is 1. The van der Waals surface area contributed by atoms with Crippen LogP contribution in [0.1, 0.15) is 52.9 Å². The van der Waals surface area contributed by atoms with Gasteiger partial charge in [-0.1, -0.05) is 13.8 Å². The molecule has 1 heterocycles. The van der Waals surface area contributed by atoms with Crippen molar-refractivity contribution in [2.24, 2.45) is 5.92 Å². The highest BCUT2D eigenvalue weighted by Crippen LogP contribution is 2.23. The fraction of sp³-hybridized carbons (Fsp3) is 0.929. The summed E-state index contributed by atoms with van der Waals surface area (Å²) in [5.41, 5.74) is 0. The quantitative estimate of drug-likeness (QED) is 0.766. The van der Waals surface area contributed by atoms with Crippen LogP contribution < -0.4 is 5.32 Å². The van der Waals surface area contributed by atoms with Crippen LogP contribution in [0.2, 0.25) is 0 Å². The van der Waals surface area contributed by atoms with Gasteiger partial charge >= 0.3 is 6.03 Å². The minimum absolute atomic E-state index is 0.0728. The van der Waals surface area contributed by atoms with Crippen molar-refractivity contribution in [1.29, 1.82) is 0 Å². The highest BCUT2D eigenvalue weighted by Gasteiger charge is 2.29. The van der Waals surface area contributed by atoms with Gasteiger partial charge in [0, 0.05) is 25.2 Å². The number of amides is 2. The number of carbonyl (C=O) groups excluding carboxylic acids is 1. The first-order valence-corrected chi connectivity index (χ1v) is 7.22. The summed E-state index contributed by atoms with van der Waals surface area (Å²) in [6.45, 7) is 7.49. The predicted octanol–water partition coefficient (Wildman–Crippen LogP) is 2.37. The van der Waals surface area contributed by atoms with Crippen LogP contribution in [0.15, 0.2) is 0 Å². The van der Waals surface area contributed by atoms with Crippen molar-refractivity contribution >= 4 is 6.03 Å². The van der Waals surface area contributed by atoms with Crippen molar-refractivity contribution in [2.75, 3.05) is 13.2 Å². The van der Waals surface area contributed by atoms with E-state index < -0.39 is 0 Å². The van der Waals surface area contributed by atoms with E-state index in [9.17, 15) is 4.79 Å². The van der Waals surface area contributed by atoms with Crippen LogP contribution in [-0.2, 0) is 0 Å². The smallest absolute Gasteiger partial charge is 0.317 e. The molecule has 2 unspecified atom stereocenters. The molecule has 18 heavy (non-hydrogen) atoms. The van der Waals surface area contributed by atoms with Gasteiger partial charge in [0.05, 0.1) is 0 Å². The molecule has 2 N–H and O–H groups in total. The van der Waals surface area contributed by atoms with Crippen LogP contribution >= 0.6 is 0 Å². The van der Waals surface area contributed by atoms with Crippen molar-refractivity contribution < 1.29 is 9.90 Å². The molecule has 0 aromatic rings. The zero-order valence-electron chi connectivity index (χ0n) is 12.0. The summed E-state index contributed by atoms with van der Waals surface area (Å²) >= 11 is 0. The molecule has 0 bridgehead atoms. The molecule has 106 valence electrons. The molecular weight excluding hydrogens is 228 g/mol. The summed E-state index contributed by atoms with van der Waals surface area (Å²) in [5, 5.41) is 11.8. The Labute approximate surface area is 111 Å². The Morgan fingerprint density at radius 3 is 2.78 bits per heavy atom. The number of hydrogen-bond donors (Lipinski definition) is 2. The number of likely N-dealkylation sites (tertiary alicyclic amines) is 1. The zero-order chi connectivity index (χ0) is 13.5. The first-order valence-electron chi connectivity index (χ1n) is 7.22. The highest BCUT2D eigenvalue weighted by molar-refractivity contribution is 5.75. The van der Waals surface area contributed by atoms with E-state index in [0.29, 0.717) is 12.0 Å². The van der Waals surface area contributed by atoms with Crippen molar-refractivity contribution in [2.45, 2.75) is 65.0 Å². The summed E-state index contributed by atoms with van der Waals surface area (Å²) in [6, 6.07) is 0.628. The lowest BCUT2D eigenvalue weighted by Gasteiger charge is -2.28. The van der Waals surface area contributed by atoms with Gasteiger partial charge in [-0.05, 0) is 44.9 Å². The van der Waals surface area contributed by atoms with Crippen LogP contribution in [0.4, 0.5) is 4.79 Å². The molecule has 0 aromatic heterocycles. The lowest BCUT2D eigenvalue weighted by molar-refractivity contribution is 0.181. The molecule has 1 aliphatic heterocycles. The predicted molar refractivity (Wildman–Crippen MR) is 73.5 cm³/mol. The first kappa shape index (κ1) is 15.3. The van der Waals surface area contributed by atoms with E-state index in [0.717, 1.165) is 38.6 Å². The first-order chi connectivity index (χ1) is 8.54. The standard InChI is InChI=1S/C14H28N2O2/c1-11(2)10-13-7-4-8-16(13)14(18)15-12(3)6-5-9-17/h11-13,17H,4-10H2,1-3H3,(H,15,18). The third-order valence-corrected chi connectivity index (χ3v) is 3.55. The summed E-state index contributed by atoms with van der Waals surface area (Å²) in [5.74, 6) is 0.634. The van der Waals surface area contributed by atoms with Crippen molar-refractivity contribution in [3.8, 4) is 0 Å². The molecule has 0 spiro atoms. The minimum Gasteiger partial charge on any atom is -0.396 e. The summed E-state index contributed by atoms with van der Waals surface area (Å²) in [4.78, 5) is 14.2.